The number of halogens is 1. The molecule has 0 bridgehead atoms. The van der Waals surface area contributed by atoms with Crippen molar-refractivity contribution in [2.75, 3.05) is 0 Å². The van der Waals surface area contributed by atoms with E-state index in [1.807, 2.05) is 4.72 Å². The van der Waals surface area contributed by atoms with E-state index in [4.69, 9.17) is 5.11 Å². The minimum absolute atomic E-state index is 0.114. The maximum atomic E-state index is 13.3. The van der Waals surface area contributed by atoms with E-state index in [9.17, 15) is 17.6 Å². The molecule has 0 aliphatic carbocycles. The van der Waals surface area contributed by atoms with Crippen LogP contribution >= 0.6 is 0 Å². The SMILES string of the molecule is CCC[C@@H](NS(=O)(=O)c1ncccc1F)C(=O)O. The molecule has 0 spiro atoms. The number of pyridine rings is 1. The monoisotopic (exact) mass is 276 g/mol. The van der Waals surface area contributed by atoms with Gasteiger partial charge in [-0.05, 0) is 18.6 Å². The number of hydrogen-bond donors (Lipinski definition) is 2. The van der Waals surface area contributed by atoms with Crippen LogP contribution in [0.5, 0.6) is 0 Å². The molecule has 0 fully saturated rings. The van der Waals surface area contributed by atoms with E-state index in [-0.39, 0.29) is 6.42 Å². The molecule has 8 heteroatoms. The lowest BCUT2D eigenvalue weighted by Gasteiger charge is -2.13. The summed E-state index contributed by atoms with van der Waals surface area (Å²) in [4.78, 5) is 14.2. The topological polar surface area (TPSA) is 96.4 Å². The molecule has 0 saturated carbocycles. The molecule has 18 heavy (non-hydrogen) atoms. The van der Waals surface area contributed by atoms with E-state index >= 15 is 0 Å². The quantitative estimate of drug-likeness (QED) is 0.799. The minimum atomic E-state index is -4.27. The van der Waals surface area contributed by atoms with E-state index in [2.05, 4.69) is 4.98 Å². The Balaban J connectivity index is 3.01. The second-order valence-corrected chi connectivity index (χ2v) is 5.22. The Morgan fingerprint density at radius 3 is 2.78 bits per heavy atom. The number of carbonyl (C=O) groups is 1. The zero-order valence-corrected chi connectivity index (χ0v) is 10.4. The van der Waals surface area contributed by atoms with E-state index in [0.29, 0.717) is 6.42 Å². The van der Waals surface area contributed by atoms with Crippen LogP contribution in [0.4, 0.5) is 4.39 Å². The molecule has 0 radical (unpaired) electrons. The number of aliphatic carboxylic acids is 1. The summed E-state index contributed by atoms with van der Waals surface area (Å²) in [5, 5.41) is 8.04. The molecule has 2 N–H and O–H groups in total. The molecule has 0 aliphatic heterocycles. The van der Waals surface area contributed by atoms with Gasteiger partial charge < -0.3 is 5.11 Å². The second-order valence-electron chi connectivity index (χ2n) is 3.59. The van der Waals surface area contributed by atoms with Gasteiger partial charge in [0, 0.05) is 6.20 Å². The highest BCUT2D eigenvalue weighted by Crippen LogP contribution is 2.11. The lowest BCUT2D eigenvalue weighted by atomic mass is 10.2. The maximum Gasteiger partial charge on any atom is 0.321 e. The third kappa shape index (κ3) is 3.47. The van der Waals surface area contributed by atoms with Crippen molar-refractivity contribution in [3.63, 3.8) is 0 Å². The largest absolute Gasteiger partial charge is 0.480 e. The Labute approximate surface area is 104 Å². The molecule has 0 unspecified atom stereocenters. The number of nitrogens with one attached hydrogen (secondary N) is 1. The van der Waals surface area contributed by atoms with Gasteiger partial charge in [-0.25, -0.2) is 17.8 Å². The maximum absolute atomic E-state index is 13.3. The highest BCUT2D eigenvalue weighted by Gasteiger charge is 2.27. The number of hydrogen-bond acceptors (Lipinski definition) is 4. The average molecular weight is 276 g/mol. The van der Waals surface area contributed by atoms with Crippen molar-refractivity contribution >= 4 is 16.0 Å². The van der Waals surface area contributed by atoms with Gasteiger partial charge >= 0.3 is 5.97 Å². The molecule has 0 aromatic carbocycles. The molecule has 0 aliphatic rings. The molecule has 1 heterocycles. The summed E-state index contributed by atoms with van der Waals surface area (Å²) < 4.78 is 38.7. The predicted molar refractivity (Wildman–Crippen MR) is 60.8 cm³/mol. The van der Waals surface area contributed by atoms with Crippen LogP contribution in [-0.2, 0) is 14.8 Å². The fraction of sp³-hybridized carbons (Fsp3) is 0.400. The normalized spacial score (nSPS) is 13.2. The van der Waals surface area contributed by atoms with Gasteiger partial charge in [0.2, 0.25) is 5.03 Å². The van der Waals surface area contributed by atoms with Crippen LogP contribution in [0.15, 0.2) is 23.4 Å². The average Bonchev–Trinajstić information content (AvgIpc) is 2.28. The Hall–Kier alpha value is -1.54. The van der Waals surface area contributed by atoms with Gasteiger partial charge in [0.1, 0.15) is 6.04 Å². The first-order valence-electron chi connectivity index (χ1n) is 5.24. The van der Waals surface area contributed by atoms with Gasteiger partial charge in [-0.1, -0.05) is 13.3 Å². The van der Waals surface area contributed by atoms with Crippen LogP contribution < -0.4 is 4.72 Å². The number of rotatable bonds is 6. The first-order chi connectivity index (χ1) is 8.38. The number of sulfonamides is 1. The van der Waals surface area contributed by atoms with Crippen LogP contribution in [0, 0.1) is 5.82 Å². The molecule has 1 rings (SSSR count). The Morgan fingerprint density at radius 1 is 1.61 bits per heavy atom. The van der Waals surface area contributed by atoms with Crippen molar-refractivity contribution in [3.05, 3.63) is 24.1 Å². The highest BCUT2D eigenvalue weighted by molar-refractivity contribution is 7.89. The smallest absolute Gasteiger partial charge is 0.321 e. The molecule has 1 aromatic rings. The van der Waals surface area contributed by atoms with Crippen LogP contribution in [0.1, 0.15) is 19.8 Å². The van der Waals surface area contributed by atoms with Gasteiger partial charge in [-0.15, -0.1) is 0 Å². The van der Waals surface area contributed by atoms with Crippen LogP contribution in [-0.4, -0.2) is 30.5 Å². The first-order valence-corrected chi connectivity index (χ1v) is 6.72. The molecule has 0 saturated heterocycles. The van der Waals surface area contributed by atoms with Crippen LogP contribution in [0.3, 0.4) is 0 Å². The van der Waals surface area contributed by atoms with Gasteiger partial charge in [-0.3, -0.25) is 4.79 Å². The van der Waals surface area contributed by atoms with Crippen molar-refractivity contribution < 1.29 is 22.7 Å². The predicted octanol–water partition coefficient (Wildman–Crippen LogP) is 0.752. The number of nitrogens with zero attached hydrogens (tertiary/aromatic N) is 1. The molecular formula is C10H13FN2O4S. The highest BCUT2D eigenvalue weighted by atomic mass is 32.2. The fourth-order valence-corrected chi connectivity index (χ4v) is 2.56. The Kier molecular flexibility index (Phi) is 4.74. The fourth-order valence-electron chi connectivity index (χ4n) is 1.33. The van der Waals surface area contributed by atoms with Crippen molar-refractivity contribution in [1.29, 1.82) is 0 Å². The summed E-state index contributed by atoms with van der Waals surface area (Å²) in [6.07, 6.45) is 1.71. The van der Waals surface area contributed by atoms with Gasteiger partial charge in [0.15, 0.2) is 5.82 Å². The molecular weight excluding hydrogens is 263 g/mol. The molecule has 1 atom stereocenters. The standard InChI is InChI=1S/C10H13FN2O4S/c1-2-4-8(10(14)15)13-18(16,17)9-7(11)5-3-6-12-9/h3,5-6,8,13H,2,4H2,1H3,(H,14,15)/t8-/m1/s1. The van der Waals surface area contributed by atoms with Crippen molar-refractivity contribution in [1.82, 2.24) is 9.71 Å². The molecule has 0 amide bonds. The molecule has 1 aromatic heterocycles. The lowest BCUT2D eigenvalue weighted by molar-refractivity contribution is -0.139. The van der Waals surface area contributed by atoms with Crippen molar-refractivity contribution in [2.24, 2.45) is 0 Å². The van der Waals surface area contributed by atoms with E-state index in [1.54, 1.807) is 6.92 Å². The summed E-state index contributed by atoms with van der Waals surface area (Å²) >= 11 is 0. The van der Waals surface area contributed by atoms with Gasteiger partial charge in [-0.2, -0.15) is 4.72 Å². The number of carboxylic acid groups (broad SMARTS) is 1. The molecule has 100 valence electrons. The van der Waals surface area contributed by atoms with Crippen molar-refractivity contribution in [3.8, 4) is 0 Å². The summed E-state index contributed by atoms with van der Waals surface area (Å²) in [6.45, 7) is 1.71. The summed E-state index contributed by atoms with van der Waals surface area (Å²) in [6, 6.07) is 0.896. The van der Waals surface area contributed by atoms with Crippen molar-refractivity contribution in [2.45, 2.75) is 30.8 Å². The van der Waals surface area contributed by atoms with Crippen LogP contribution in [0.25, 0.3) is 0 Å². The van der Waals surface area contributed by atoms with E-state index < -0.39 is 32.9 Å². The third-order valence-electron chi connectivity index (χ3n) is 2.15. The lowest BCUT2D eigenvalue weighted by Crippen LogP contribution is -2.41. The van der Waals surface area contributed by atoms with Crippen LogP contribution in [0.2, 0.25) is 0 Å². The Bertz CT molecular complexity index is 532. The zero-order chi connectivity index (χ0) is 13.8. The van der Waals surface area contributed by atoms with E-state index in [0.717, 1.165) is 12.3 Å². The number of carboxylic acids is 1. The Morgan fingerprint density at radius 2 is 2.28 bits per heavy atom. The third-order valence-corrected chi connectivity index (χ3v) is 3.56. The zero-order valence-electron chi connectivity index (χ0n) is 9.63. The summed E-state index contributed by atoms with van der Waals surface area (Å²) in [7, 11) is -4.27. The summed E-state index contributed by atoms with van der Waals surface area (Å²) in [5.74, 6) is -2.33. The molecule has 6 nitrogen and oxygen atoms in total. The first kappa shape index (κ1) is 14.5. The summed E-state index contributed by atoms with van der Waals surface area (Å²) in [5.41, 5.74) is 0. The number of aromatic nitrogens is 1. The van der Waals surface area contributed by atoms with Gasteiger partial charge in [0.25, 0.3) is 10.0 Å². The van der Waals surface area contributed by atoms with Gasteiger partial charge in [0.05, 0.1) is 0 Å². The van der Waals surface area contributed by atoms with E-state index in [1.165, 1.54) is 6.07 Å². The minimum Gasteiger partial charge on any atom is -0.480 e. The second kappa shape index (κ2) is 5.87.